The van der Waals surface area contributed by atoms with Crippen molar-refractivity contribution >= 4 is 44.0 Å². The number of halogens is 3. The molecular formula is C13H10BrClFNOS. The predicted molar refractivity (Wildman–Crippen MR) is 80.1 cm³/mol. The van der Waals surface area contributed by atoms with Gasteiger partial charge in [-0.25, -0.2) is 4.39 Å². The number of nitrogens with two attached hydrogens (primary N) is 1. The van der Waals surface area contributed by atoms with E-state index in [4.69, 9.17) is 17.3 Å². The van der Waals surface area contributed by atoms with Crippen molar-refractivity contribution in [1.82, 2.24) is 0 Å². The van der Waals surface area contributed by atoms with E-state index in [0.29, 0.717) is 20.1 Å². The lowest BCUT2D eigenvalue weighted by Gasteiger charge is -2.08. The summed E-state index contributed by atoms with van der Waals surface area (Å²) >= 11 is 9.10. The fraction of sp³-hybridized carbons (Fsp3) is 0.0769. The SMILES string of the molecule is Nc1cccc(Cl)c1S(=O)Cc1ccc(F)c(Br)c1. The second-order valence-corrected chi connectivity index (χ2v) is 6.55. The van der Waals surface area contributed by atoms with Crippen molar-refractivity contribution in [3.8, 4) is 0 Å². The molecule has 1 unspecified atom stereocenters. The molecule has 2 rings (SSSR count). The summed E-state index contributed by atoms with van der Waals surface area (Å²) in [5, 5.41) is 0.375. The highest BCUT2D eigenvalue weighted by Gasteiger charge is 2.13. The molecule has 0 aromatic heterocycles. The van der Waals surface area contributed by atoms with Gasteiger partial charge < -0.3 is 5.73 Å². The average molecular weight is 363 g/mol. The summed E-state index contributed by atoms with van der Waals surface area (Å²) < 4.78 is 25.8. The number of nitrogen functional groups attached to an aromatic ring is 1. The molecule has 2 aromatic carbocycles. The van der Waals surface area contributed by atoms with Crippen LogP contribution in [0.5, 0.6) is 0 Å². The van der Waals surface area contributed by atoms with E-state index >= 15 is 0 Å². The van der Waals surface area contributed by atoms with Gasteiger partial charge in [-0.2, -0.15) is 0 Å². The van der Waals surface area contributed by atoms with Crippen LogP contribution in [0.15, 0.2) is 45.8 Å². The highest BCUT2D eigenvalue weighted by molar-refractivity contribution is 9.10. The third-order valence-electron chi connectivity index (χ3n) is 2.51. The molecule has 100 valence electrons. The van der Waals surface area contributed by atoms with Crippen LogP contribution in [0, 0.1) is 5.82 Å². The Bertz CT molecular complexity index is 630. The van der Waals surface area contributed by atoms with E-state index in [9.17, 15) is 8.60 Å². The van der Waals surface area contributed by atoms with Crippen molar-refractivity contribution in [2.45, 2.75) is 10.6 Å². The molecule has 0 heterocycles. The first-order chi connectivity index (χ1) is 8.99. The first-order valence-corrected chi connectivity index (χ1v) is 7.84. The predicted octanol–water partition coefficient (Wildman–Crippen LogP) is 4.13. The van der Waals surface area contributed by atoms with Crippen LogP contribution in [-0.2, 0) is 16.6 Å². The summed E-state index contributed by atoms with van der Waals surface area (Å²) in [4.78, 5) is 0.421. The molecule has 2 nitrogen and oxygen atoms in total. The van der Waals surface area contributed by atoms with Crippen LogP contribution in [0.4, 0.5) is 10.1 Å². The highest BCUT2D eigenvalue weighted by Crippen LogP contribution is 2.28. The molecule has 0 saturated carbocycles. The van der Waals surface area contributed by atoms with Gasteiger partial charge in [0, 0.05) is 5.69 Å². The normalized spacial score (nSPS) is 12.4. The van der Waals surface area contributed by atoms with Crippen molar-refractivity contribution in [3.63, 3.8) is 0 Å². The van der Waals surface area contributed by atoms with Crippen LogP contribution < -0.4 is 5.73 Å². The molecule has 0 radical (unpaired) electrons. The summed E-state index contributed by atoms with van der Waals surface area (Å²) in [7, 11) is -1.37. The molecule has 0 bridgehead atoms. The first kappa shape index (κ1) is 14.5. The topological polar surface area (TPSA) is 43.1 Å². The third-order valence-corrected chi connectivity index (χ3v) is 5.05. The second kappa shape index (κ2) is 6.03. The van der Waals surface area contributed by atoms with Crippen molar-refractivity contribution in [2.24, 2.45) is 0 Å². The van der Waals surface area contributed by atoms with E-state index < -0.39 is 10.8 Å². The minimum absolute atomic E-state index is 0.229. The Hall–Kier alpha value is -0.910. The molecule has 0 amide bonds. The zero-order chi connectivity index (χ0) is 14.0. The number of hydrogen-bond donors (Lipinski definition) is 1. The minimum atomic E-state index is -1.37. The van der Waals surface area contributed by atoms with Crippen LogP contribution in [0.2, 0.25) is 5.02 Å². The summed E-state index contributed by atoms with van der Waals surface area (Å²) in [5.41, 5.74) is 6.92. The van der Waals surface area contributed by atoms with Crippen molar-refractivity contribution in [3.05, 3.63) is 57.3 Å². The molecule has 1 atom stereocenters. The number of rotatable bonds is 3. The molecule has 0 aliphatic carbocycles. The van der Waals surface area contributed by atoms with Crippen molar-refractivity contribution < 1.29 is 8.60 Å². The fourth-order valence-electron chi connectivity index (χ4n) is 1.62. The number of hydrogen-bond acceptors (Lipinski definition) is 2. The summed E-state index contributed by atoms with van der Waals surface area (Å²) in [6.45, 7) is 0. The molecule has 2 N–H and O–H groups in total. The lowest BCUT2D eigenvalue weighted by molar-refractivity contribution is 0.620. The van der Waals surface area contributed by atoms with Crippen molar-refractivity contribution in [1.29, 1.82) is 0 Å². The summed E-state index contributed by atoms with van der Waals surface area (Å²) in [5.74, 6) is -0.126. The minimum Gasteiger partial charge on any atom is -0.398 e. The van der Waals surface area contributed by atoms with Gasteiger partial charge in [0.05, 0.1) is 30.9 Å². The number of anilines is 1. The fourth-order valence-corrected chi connectivity index (χ4v) is 3.73. The maximum Gasteiger partial charge on any atom is 0.137 e. The maximum atomic E-state index is 13.1. The smallest absolute Gasteiger partial charge is 0.137 e. The van der Waals surface area contributed by atoms with E-state index in [1.807, 2.05) is 0 Å². The Morgan fingerprint density at radius 2 is 2.05 bits per heavy atom. The van der Waals surface area contributed by atoms with Crippen LogP contribution >= 0.6 is 27.5 Å². The van der Waals surface area contributed by atoms with Gasteiger partial charge in [-0.3, -0.25) is 4.21 Å². The molecule has 0 aliphatic heterocycles. The average Bonchev–Trinajstić information content (AvgIpc) is 2.33. The largest absolute Gasteiger partial charge is 0.398 e. The van der Waals surface area contributed by atoms with Gasteiger partial charge in [0.15, 0.2) is 0 Å². The Kier molecular flexibility index (Phi) is 4.60. The first-order valence-electron chi connectivity index (χ1n) is 5.35. The highest BCUT2D eigenvalue weighted by atomic mass is 79.9. The van der Waals surface area contributed by atoms with Gasteiger partial charge >= 0.3 is 0 Å². The van der Waals surface area contributed by atoms with E-state index in [2.05, 4.69) is 15.9 Å². The van der Waals surface area contributed by atoms with Gasteiger partial charge in [0.1, 0.15) is 5.82 Å². The second-order valence-electron chi connectivity index (χ2n) is 3.90. The van der Waals surface area contributed by atoms with Crippen LogP contribution in [-0.4, -0.2) is 4.21 Å². The van der Waals surface area contributed by atoms with Crippen LogP contribution in [0.1, 0.15) is 5.56 Å². The monoisotopic (exact) mass is 361 g/mol. The quantitative estimate of drug-likeness (QED) is 0.834. The molecule has 6 heteroatoms. The Balaban J connectivity index is 2.28. The lowest BCUT2D eigenvalue weighted by atomic mass is 10.2. The van der Waals surface area contributed by atoms with Crippen molar-refractivity contribution in [2.75, 3.05) is 5.73 Å². The summed E-state index contributed by atoms with van der Waals surface area (Å²) in [6, 6.07) is 9.51. The van der Waals surface area contributed by atoms with E-state index in [-0.39, 0.29) is 11.6 Å². The number of benzene rings is 2. The Morgan fingerprint density at radius 1 is 1.32 bits per heavy atom. The van der Waals surface area contributed by atoms with E-state index in [0.717, 1.165) is 5.56 Å². The molecule has 19 heavy (non-hydrogen) atoms. The molecular weight excluding hydrogens is 353 g/mol. The van der Waals surface area contributed by atoms with Crippen LogP contribution in [0.25, 0.3) is 0 Å². The van der Waals surface area contributed by atoms with Gasteiger partial charge in [-0.05, 0) is 45.8 Å². The summed E-state index contributed by atoms with van der Waals surface area (Å²) in [6.07, 6.45) is 0. The van der Waals surface area contributed by atoms with Gasteiger partial charge in [-0.15, -0.1) is 0 Å². The Morgan fingerprint density at radius 3 is 2.68 bits per heavy atom. The van der Waals surface area contributed by atoms with Gasteiger partial charge in [0.2, 0.25) is 0 Å². The molecule has 0 saturated heterocycles. The lowest BCUT2D eigenvalue weighted by Crippen LogP contribution is -2.02. The zero-order valence-corrected chi connectivity index (χ0v) is 12.9. The Labute approximate surface area is 126 Å². The van der Waals surface area contributed by atoms with Gasteiger partial charge in [-0.1, -0.05) is 23.7 Å². The molecule has 0 fully saturated rings. The third kappa shape index (κ3) is 3.35. The zero-order valence-electron chi connectivity index (χ0n) is 9.70. The van der Waals surface area contributed by atoms with Gasteiger partial charge in [0.25, 0.3) is 0 Å². The molecule has 2 aromatic rings. The maximum absolute atomic E-state index is 13.1. The van der Waals surface area contributed by atoms with E-state index in [1.165, 1.54) is 6.07 Å². The molecule has 0 aliphatic rings. The van der Waals surface area contributed by atoms with Crippen LogP contribution in [0.3, 0.4) is 0 Å². The molecule has 0 spiro atoms. The standard InChI is InChI=1S/C13H10BrClFNOS/c14-9-6-8(4-5-11(9)16)7-19(18)13-10(15)2-1-3-12(13)17/h1-6H,7,17H2. The van der Waals surface area contributed by atoms with E-state index in [1.54, 1.807) is 30.3 Å².